The second kappa shape index (κ2) is 5.73. The molecule has 0 radical (unpaired) electrons. The van der Waals surface area contributed by atoms with Crippen LogP contribution in [0.4, 0.5) is 0 Å². The van der Waals surface area contributed by atoms with Gasteiger partial charge >= 0.3 is 11.9 Å². The number of nitrogens with zero attached hydrogens (tertiary/aromatic N) is 1. The molecule has 1 saturated heterocycles. The fourth-order valence-electron chi connectivity index (χ4n) is 2.00. The summed E-state index contributed by atoms with van der Waals surface area (Å²) in [5.74, 6) is -1.18. The van der Waals surface area contributed by atoms with Gasteiger partial charge in [0, 0.05) is 12.6 Å². The summed E-state index contributed by atoms with van der Waals surface area (Å²) in [6.07, 6.45) is 4.04. The fraction of sp³-hybridized carbons (Fsp3) is 0.818. The predicted molar refractivity (Wildman–Crippen MR) is 56.3 cm³/mol. The SMILES string of the molecule is CCOC(=O)C(=O)N1CCCCC1CC. The number of esters is 1. The molecule has 0 N–H and O–H groups in total. The summed E-state index contributed by atoms with van der Waals surface area (Å²) < 4.78 is 4.72. The van der Waals surface area contributed by atoms with E-state index in [4.69, 9.17) is 4.74 Å². The maximum atomic E-state index is 11.7. The summed E-state index contributed by atoms with van der Waals surface area (Å²) in [6, 6.07) is 0.218. The van der Waals surface area contributed by atoms with Crippen molar-refractivity contribution in [2.24, 2.45) is 0 Å². The van der Waals surface area contributed by atoms with Gasteiger partial charge in [-0.1, -0.05) is 6.92 Å². The Morgan fingerprint density at radius 3 is 2.67 bits per heavy atom. The molecule has 0 aromatic rings. The van der Waals surface area contributed by atoms with Gasteiger partial charge in [-0.15, -0.1) is 0 Å². The van der Waals surface area contributed by atoms with Crippen molar-refractivity contribution < 1.29 is 14.3 Å². The second-order valence-electron chi connectivity index (χ2n) is 3.78. The lowest BCUT2D eigenvalue weighted by molar-refractivity contribution is -0.161. The van der Waals surface area contributed by atoms with Gasteiger partial charge in [-0.3, -0.25) is 4.79 Å². The molecule has 0 aromatic carbocycles. The molecule has 0 aromatic heterocycles. The Hall–Kier alpha value is -1.06. The minimum absolute atomic E-state index is 0.218. The maximum Gasteiger partial charge on any atom is 0.397 e. The van der Waals surface area contributed by atoms with Crippen LogP contribution in [0.1, 0.15) is 39.5 Å². The van der Waals surface area contributed by atoms with Crippen LogP contribution < -0.4 is 0 Å². The van der Waals surface area contributed by atoms with Crippen LogP contribution in [0.3, 0.4) is 0 Å². The monoisotopic (exact) mass is 213 g/mol. The van der Waals surface area contributed by atoms with Crippen LogP contribution in [0, 0.1) is 0 Å². The van der Waals surface area contributed by atoms with Gasteiger partial charge in [0.25, 0.3) is 0 Å². The number of likely N-dealkylation sites (tertiary alicyclic amines) is 1. The minimum atomic E-state index is -0.710. The van der Waals surface area contributed by atoms with E-state index in [1.807, 2.05) is 6.92 Å². The Kier molecular flexibility index (Phi) is 4.59. The zero-order valence-electron chi connectivity index (χ0n) is 9.49. The van der Waals surface area contributed by atoms with Crippen molar-refractivity contribution in [1.29, 1.82) is 0 Å². The Balaban J connectivity index is 2.59. The molecule has 1 fully saturated rings. The molecule has 86 valence electrons. The molecule has 1 heterocycles. The summed E-state index contributed by atoms with van der Waals surface area (Å²) in [5.41, 5.74) is 0. The third kappa shape index (κ3) is 2.94. The molecule has 1 rings (SSSR count). The van der Waals surface area contributed by atoms with Gasteiger partial charge in [0.15, 0.2) is 0 Å². The number of rotatable bonds is 2. The number of carbonyl (C=O) groups is 2. The molecule has 1 aliphatic rings. The van der Waals surface area contributed by atoms with Crippen molar-refractivity contribution >= 4 is 11.9 Å². The fourth-order valence-corrected chi connectivity index (χ4v) is 2.00. The first-order valence-corrected chi connectivity index (χ1v) is 5.68. The number of ether oxygens (including phenoxy) is 1. The van der Waals surface area contributed by atoms with E-state index in [0.717, 1.165) is 25.7 Å². The Morgan fingerprint density at radius 1 is 1.33 bits per heavy atom. The molecule has 1 unspecified atom stereocenters. The lowest BCUT2D eigenvalue weighted by Crippen LogP contribution is -2.47. The topological polar surface area (TPSA) is 46.6 Å². The highest BCUT2D eigenvalue weighted by atomic mass is 16.5. The minimum Gasteiger partial charge on any atom is -0.459 e. The smallest absolute Gasteiger partial charge is 0.397 e. The van der Waals surface area contributed by atoms with Gasteiger partial charge < -0.3 is 9.64 Å². The molecule has 1 atom stereocenters. The zero-order chi connectivity index (χ0) is 11.3. The van der Waals surface area contributed by atoms with Crippen LogP contribution in [-0.2, 0) is 14.3 Å². The van der Waals surface area contributed by atoms with Crippen LogP contribution in [0.2, 0.25) is 0 Å². The van der Waals surface area contributed by atoms with Gasteiger partial charge in [0.2, 0.25) is 0 Å². The van der Waals surface area contributed by atoms with E-state index in [1.54, 1.807) is 11.8 Å². The van der Waals surface area contributed by atoms with E-state index >= 15 is 0 Å². The molecule has 0 bridgehead atoms. The Bertz CT molecular complexity index is 240. The molecule has 0 saturated carbocycles. The first-order chi connectivity index (χ1) is 7.20. The van der Waals surface area contributed by atoms with Crippen LogP contribution in [0.25, 0.3) is 0 Å². The third-order valence-electron chi connectivity index (χ3n) is 2.81. The number of amides is 1. The number of carbonyl (C=O) groups excluding carboxylic acids is 2. The zero-order valence-corrected chi connectivity index (χ0v) is 9.49. The van der Waals surface area contributed by atoms with Gasteiger partial charge in [0.05, 0.1) is 6.61 Å². The molecule has 15 heavy (non-hydrogen) atoms. The largest absolute Gasteiger partial charge is 0.459 e. The maximum absolute atomic E-state index is 11.7. The first-order valence-electron chi connectivity index (χ1n) is 5.68. The van der Waals surface area contributed by atoms with Crippen LogP contribution >= 0.6 is 0 Å². The van der Waals surface area contributed by atoms with Gasteiger partial charge in [-0.25, -0.2) is 4.79 Å². The van der Waals surface area contributed by atoms with Crippen LogP contribution in [0.5, 0.6) is 0 Å². The van der Waals surface area contributed by atoms with E-state index in [1.165, 1.54) is 0 Å². The number of hydrogen-bond acceptors (Lipinski definition) is 3. The van der Waals surface area contributed by atoms with Crippen LogP contribution in [0.15, 0.2) is 0 Å². The lowest BCUT2D eigenvalue weighted by Gasteiger charge is -2.34. The second-order valence-corrected chi connectivity index (χ2v) is 3.78. The molecule has 1 aliphatic heterocycles. The highest BCUT2D eigenvalue weighted by molar-refractivity contribution is 6.32. The predicted octanol–water partition coefficient (Wildman–Crippen LogP) is 1.34. The first kappa shape index (κ1) is 12.0. The van der Waals surface area contributed by atoms with Crippen molar-refractivity contribution in [2.45, 2.75) is 45.6 Å². The lowest BCUT2D eigenvalue weighted by atomic mass is 10.00. The normalized spacial score (nSPS) is 21.2. The number of hydrogen-bond donors (Lipinski definition) is 0. The van der Waals surface area contributed by atoms with Gasteiger partial charge in [-0.2, -0.15) is 0 Å². The Morgan fingerprint density at radius 2 is 2.07 bits per heavy atom. The molecule has 4 nitrogen and oxygen atoms in total. The molecular formula is C11H19NO3. The van der Waals surface area contributed by atoms with Crippen molar-refractivity contribution in [3.05, 3.63) is 0 Å². The van der Waals surface area contributed by atoms with Gasteiger partial charge in [0.1, 0.15) is 0 Å². The number of piperidine rings is 1. The molecule has 1 amide bonds. The molecule has 4 heteroatoms. The summed E-state index contributed by atoms with van der Waals surface area (Å²) in [7, 11) is 0. The van der Waals surface area contributed by atoms with E-state index in [2.05, 4.69) is 0 Å². The van der Waals surface area contributed by atoms with E-state index < -0.39 is 11.9 Å². The highest BCUT2D eigenvalue weighted by Crippen LogP contribution is 2.19. The average molecular weight is 213 g/mol. The van der Waals surface area contributed by atoms with Crippen molar-refractivity contribution in [3.8, 4) is 0 Å². The van der Waals surface area contributed by atoms with Crippen molar-refractivity contribution in [2.75, 3.05) is 13.2 Å². The summed E-state index contributed by atoms with van der Waals surface area (Å²) in [4.78, 5) is 24.7. The summed E-state index contributed by atoms with van der Waals surface area (Å²) in [6.45, 7) is 4.70. The summed E-state index contributed by atoms with van der Waals surface area (Å²) >= 11 is 0. The van der Waals surface area contributed by atoms with E-state index in [9.17, 15) is 9.59 Å². The highest BCUT2D eigenvalue weighted by Gasteiger charge is 2.30. The van der Waals surface area contributed by atoms with Crippen LogP contribution in [-0.4, -0.2) is 36.0 Å². The van der Waals surface area contributed by atoms with Crippen molar-refractivity contribution in [3.63, 3.8) is 0 Å². The quantitative estimate of drug-likeness (QED) is 0.513. The molecule has 0 spiro atoms. The molecular weight excluding hydrogens is 194 g/mol. The standard InChI is InChI=1S/C11H19NO3/c1-3-9-7-5-6-8-12(9)10(13)11(14)15-4-2/h9H,3-8H2,1-2H3. The summed E-state index contributed by atoms with van der Waals surface area (Å²) in [5, 5.41) is 0. The molecule has 0 aliphatic carbocycles. The average Bonchev–Trinajstić information content (AvgIpc) is 2.28. The third-order valence-corrected chi connectivity index (χ3v) is 2.81. The van der Waals surface area contributed by atoms with Gasteiger partial charge in [-0.05, 0) is 32.6 Å². The Labute approximate surface area is 90.6 Å². The van der Waals surface area contributed by atoms with E-state index in [-0.39, 0.29) is 12.6 Å². The van der Waals surface area contributed by atoms with Crippen molar-refractivity contribution in [1.82, 2.24) is 4.90 Å². The van der Waals surface area contributed by atoms with E-state index in [0.29, 0.717) is 6.54 Å².